The van der Waals surface area contributed by atoms with E-state index in [9.17, 15) is 9.59 Å². The second-order valence-corrected chi connectivity index (χ2v) is 7.22. The summed E-state index contributed by atoms with van der Waals surface area (Å²) in [5, 5.41) is 8.76. The maximum atomic E-state index is 11.9. The molecule has 0 aromatic heterocycles. The number of carboxylic acid groups (broad SMARTS) is 1. The van der Waals surface area contributed by atoms with Gasteiger partial charge in [0.2, 0.25) is 0 Å². The van der Waals surface area contributed by atoms with Gasteiger partial charge in [-0.1, -0.05) is 20.3 Å². The number of fused-ring (bicyclic) bond motifs is 5. The summed E-state index contributed by atoms with van der Waals surface area (Å²) < 4.78 is 5.79. The van der Waals surface area contributed by atoms with Gasteiger partial charge in [-0.25, -0.2) is 0 Å². The lowest BCUT2D eigenvalue weighted by Crippen LogP contribution is -2.49. The fraction of sp³-hybridized carbons (Fsp3) is 0.875. The van der Waals surface area contributed by atoms with E-state index >= 15 is 0 Å². The quantitative estimate of drug-likeness (QED) is 0.635. The van der Waals surface area contributed by atoms with Crippen molar-refractivity contribution in [1.29, 1.82) is 0 Å². The third-order valence-electron chi connectivity index (χ3n) is 6.09. The topological polar surface area (TPSA) is 63.6 Å². The smallest absolute Gasteiger partial charge is 0.317 e. The molecule has 3 rings (SSSR count). The molecule has 3 saturated carbocycles. The predicted octanol–water partition coefficient (Wildman–Crippen LogP) is 2.86. The molecule has 0 aromatic carbocycles. The third kappa shape index (κ3) is 1.95. The maximum absolute atomic E-state index is 11.9. The molecule has 5 unspecified atom stereocenters. The lowest BCUT2D eigenvalue weighted by Gasteiger charge is -2.45. The average molecular weight is 280 g/mol. The molecule has 0 saturated heterocycles. The Labute approximate surface area is 119 Å². The van der Waals surface area contributed by atoms with Gasteiger partial charge in [0.15, 0.2) is 0 Å². The van der Waals surface area contributed by atoms with Crippen molar-refractivity contribution < 1.29 is 19.4 Å². The minimum atomic E-state index is -1.10. The van der Waals surface area contributed by atoms with Gasteiger partial charge >= 0.3 is 11.9 Å². The molecule has 0 spiro atoms. The minimum Gasteiger partial charge on any atom is -0.481 e. The molecule has 4 heteroatoms. The molecule has 20 heavy (non-hydrogen) atoms. The molecule has 4 nitrogen and oxygen atoms in total. The van der Waals surface area contributed by atoms with E-state index in [0.29, 0.717) is 17.8 Å². The van der Waals surface area contributed by atoms with Crippen molar-refractivity contribution in [3.05, 3.63) is 0 Å². The highest BCUT2D eigenvalue weighted by Crippen LogP contribution is 2.65. The Balaban J connectivity index is 1.80. The third-order valence-corrected chi connectivity index (χ3v) is 6.09. The van der Waals surface area contributed by atoms with Crippen LogP contribution in [0.3, 0.4) is 0 Å². The second kappa shape index (κ2) is 4.74. The summed E-state index contributed by atoms with van der Waals surface area (Å²) >= 11 is 0. The highest BCUT2D eigenvalue weighted by atomic mass is 16.6. The Morgan fingerprint density at radius 2 is 2.00 bits per heavy atom. The van der Waals surface area contributed by atoms with E-state index in [-0.39, 0.29) is 5.92 Å². The molecule has 0 heterocycles. The zero-order valence-electron chi connectivity index (χ0n) is 12.3. The van der Waals surface area contributed by atoms with Crippen molar-refractivity contribution >= 4 is 11.9 Å². The van der Waals surface area contributed by atoms with Crippen LogP contribution in [0.1, 0.15) is 52.4 Å². The number of rotatable bonds is 4. The van der Waals surface area contributed by atoms with Crippen LogP contribution in [0.15, 0.2) is 0 Å². The van der Waals surface area contributed by atoms with Gasteiger partial charge in [0, 0.05) is 5.92 Å². The first-order chi connectivity index (χ1) is 9.44. The van der Waals surface area contributed by atoms with E-state index in [1.165, 1.54) is 25.7 Å². The van der Waals surface area contributed by atoms with Gasteiger partial charge in [-0.15, -0.1) is 0 Å². The molecule has 3 aliphatic carbocycles. The lowest BCUT2D eigenvalue weighted by molar-refractivity contribution is -0.179. The summed E-state index contributed by atoms with van der Waals surface area (Å²) in [6, 6.07) is 0. The van der Waals surface area contributed by atoms with Gasteiger partial charge in [-0.3, -0.25) is 9.59 Å². The van der Waals surface area contributed by atoms with E-state index in [0.717, 1.165) is 12.3 Å². The molecule has 3 aliphatic rings. The molecule has 2 bridgehead atoms. The monoisotopic (exact) mass is 280 g/mol. The van der Waals surface area contributed by atoms with Crippen LogP contribution in [-0.4, -0.2) is 22.6 Å². The highest BCUT2D eigenvalue weighted by molar-refractivity contribution is 5.90. The average Bonchev–Trinajstić information content (AvgIpc) is 2.96. The number of hydrogen-bond acceptors (Lipinski definition) is 3. The van der Waals surface area contributed by atoms with Crippen LogP contribution >= 0.6 is 0 Å². The van der Waals surface area contributed by atoms with Crippen LogP contribution in [0.25, 0.3) is 0 Å². The number of carbonyl (C=O) groups excluding carboxylic acids is 1. The number of esters is 1. The van der Waals surface area contributed by atoms with Gasteiger partial charge in [0.25, 0.3) is 0 Å². The zero-order chi connectivity index (χ0) is 14.5. The molecule has 3 fully saturated rings. The first kappa shape index (κ1) is 13.9. The summed E-state index contributed by atoms with van der Waals surface area (Å²) in [6.45, 7) is 4.22. The molecule has 0 aromatic rings. The summed E-state index contributed by atoms with van der Waals surface area (Å²) in [5.41, 5.74) is -0.400. The Morgan fingerprint density at radius 1 is 1.30 bits per heavy atom. The van der Waals surface area contributed by atoms with Gasteiger partial charge < -0.3 is 9.84 Å². The number of carbonyl (C=O) groups is 2. The van der Waals surface area contributed by atoms with Crippen LogP contribution in [0.5, 0.6) is 0 Å². The number of hydrogen-bond donors (Lipinski definition) is 1. The van der Waals surface area contributed by atoms with Crippen LogP contribution in [-0.2, 0) is 14.3 Å². The minimum absolute atomic E-state index is 0.261. The first-order valence-corrected chi connectivity index (χ1v) is 7.87. The van der Waals surface area contributed by atoms with Crippen molar-refractivity contribution in [2.45, 2.75) is 58.0 Å². The largest absolute Gasteiger partial charge is 0.481 e. The number of carboxylic acids is 1. The van der Waals surface area contributed by atoms with Gasteiger partial charge in [-0.05, 0) is 49.4 Å². The van der Waals surface area contributed by atoms with Gasteiger partial charge in [0.05, 0.1) is 0 Å². The fourth-order valence-corrected chi connectivity index (χ4v) is 5.41. The first-order valence-electron chi connectivity index (χ1n) is 7.87. The Bertz CT molecular complexity index is 430. The molecular formula is C16H24O4. The lowest BCUT2D eigenvalue weighted by atomic mass is 9.68. The van der Waals surface area contributed by atoms with E-state index in [2.05, 4.69) is 13.8 Å². The van der Waals surface area contributed by atoms with E-state index in [1.807, 2.05) is 0 Å². The maximum Gasteiger partial charge on any atom is 0.317 e. The van der Waals surface area contributed by atoms with Crippen LogP contribution < -0.4 is 0 Å². The van der Waals surface area contributed by atoms with Crippen LogP contribution in [0.2, 0.25) is 0 Å². The zero-order valence-corrected chi connectivity index (χ0v) is 12.3. The standard InChI is InChI=1S/C16H24O4/c1-9(2)16(20-15(19)7-14(17)18)8-10-6-13(16)12-5-3-4-11(10)12/h9-13H,3-8H2,1-2H3,(H,17,18). The SMILES string of the molecule is CC(C)C1(OC(=O)CC(=O)O)CC2CC1C1CCCC21. The van der Waals surface area contributed by atoms with Crippen molar-refractivity contribution in [2.24, 2.45) is 29.6 Å². The molecule has 0 aliphatic heterocycles. The molecular weight excluding hydrogens is 256 g/mol. The molecule has 1 N–H and O–H groups in total. The van der Waals surface area contributed by atoms with Gasteiger partial charge in [0.1, 0.15) is 12.0 Å². The Morgan fingerprint density at radius 3 is 2.65 bits per heavy atom. The molecule has 0 amide bonds. The van der Waals surface area contributed by atoms with E-state index in [1.54, 1.807) is 0 Å². The summed E-state index contributed by atoms with van der Waals surface area (Å²) in [7, 11) is 0. The van der Waals surface area contributed by atoms with Gasteiger partial charge in [-0.2, -0.15) is 0 Å². The number of aliphatic carboxylic acids is 1. The molecule has 5 atom stereocenters. The second-order valence-electron chi connectivity index (χ2n) is 7.22. The summed E-state index contributed by atoms with van der Waals surface area (Å²) in [4.78, 5) is 22.6. The summed E-state index contributed by atoms with van der Waals surface area (Å²) in [6.07, 6.45) is 5.51. The Kier molecular flexibility index (Phi) is 3.30. The summed E-state index contributed by atoms with van der Waals surface area (Å²) in [5.74, 6) is 1.28. The van der Waals surface area contributed by atoms with Crippen molar-refractivity contribution in [1.82, 2.24) is 0 Å². The van der Waals surface area contributed by atoms with Crippen molar-refractivity contribution in [3.63, 3.8) is 0 Å². The van der Waals surface area contributed by atoms with E-state index < -0.39 is 24.0 Å². The predicted molar refractivity (Wildman–Crippen MR) is 73.0 cm³/mol. The normalized spacial score (nSPS) is 42.0. The van der Waals surface area contributed by atoms with Crippen molar-refractivity contribution in [3.8, 4) is 0 Å². The Hall–Kier alpha value is -1.06. The number of ether oxygens (including phenoxy) is 1. The fourth-order valence-electron chi connectivity index (χ4n) is 5.41. The molecule has 0 radical (unpaired) electrons. The molecule has 112 valence electrons. The highest BCUT2D eigenvalue weighted by Gasteiger charge is 2.63. The van der Waals surface area contributed by atoms with E-state index in [4.69, 9.17) is 9.84 Å². The van der Waals surface area contributed by atoms with Crippen LogP contribution in [0.4, 0.5) is 0 Å². The van der Waals surface area contributed by atoms with Crippen molar-refractivity contribution in [2.75, 3.05) is 0 Å². The van der Waals surface area contributed by atoms with Crippen LogP contribution in [0, 0.1) is 29.6 Å².